The quantitative estimate of drug-likeness (QED) is 0.834. The molecule has 2 saturated heterocycles. The minimum Gasteiger partial charge on any atom is -0.384 e. The second-order valence-electron chi connectivity index (χ2n) is 6.64. The van der Waals surface area contributed by atoms with Gasteiger partial charge in [0.1, 0.15) is 11.4 Å². The van der Waals surface area contributed by atoms with Crippen LogP contribution in [0, 0.1) is 0 Å². The molecule has 3 heterocycles. The molecule has 1 aromatic rings. The highest BCUT2D eigenvalue weighted by atomic mass is 16.5. The van der Waals surface area contributed by atoms with Gasteiger partial charge in [-0.3, -0.25) is 4.79 Å². The van der Waals surface area contributed by atoms with E-state index in [9.17, 15) is 9.90 Å². The Kier molecular flexibility index (Phi) is 4.94. The van der Waals surface area contributed by atoms with Crippen molar-refractivity contribution < 1.29 is 14.6 Å². The molecule has 6 heteroatoms. The number of anilines is 1. The van der Waals surface area contributed by atoms with Crippen LogP contribution in [-0.4, -0.2) is 72.3 Å². The van der Waals surface area contributed by atoms with Crippen molar-refractivity contribution in [1.29, 1.82) is 0 Å². The average Bonchev–Trinajstić information content (AvgIpc) is 2.95. The third-order valence-electron chi connectivity index (χ3n) is 4.56. The second-order valence-corrected chi connectivity index (χ2v) is 6.64. The van der Waals surface area contributed by atoms with Crippen molar-refractivity contribution in [1.82, 2.24) is 9.88 Å². The Morgan fingerprint density at radius 1 is 1.35 bits per heavy atom. The second kappa shape index (κ2) is 6.95. The summed E-state index contributed by atoms with van der Waals surface area (Å²) in [6.45, 7) is 6.37. The van der Waals surface area contributed by atoms with E-state index in [-0.39, 0.29) is 5.78 Å². The fourth-order valence-electron chi connectivity index (χ4n) is 3.35. The zero-order valence-electron chi connectivity index (χ0n) is 13.7. The minimum atomic E-state index is -0.887. The van der Waals surface area contributed by atoms with Gasteiger partial charge in [-0.15, -0.1) is 0 Å². The maximum Gasteiger partial charge on any atom is 0.161 e. The molecular formula is C17H25N3O3. The van der Waals surface area contributed by atoms with E-state index < -0.39 is 5.60 Å². The Labute approximate surface area is 137 Å². The SMILES string of the molecule is CC(=O)c1ccc(N2CCOC[C@](O)(CN3CCCC3)C2)nc1. The molecule has 2 fully saturated rings. The zero-order valence-corrected chi connectivity index (χ0v) is 13.7. The molecule has 0 unspecified atom stereocenters. The van der Waals surface area contributed by atoms with E-state index in [2.05, 4.69) is 9.88 Å². The van der Waals surface area contributed by atoms with Gasteiger partial charge in [-0.1, -0.05) is 0 Å². The van der Waals surface area contributed by atoms with E-state index >= 15 is 0 Å². The van der Waals surface area contributed by atoms with E-state index in [0.717, 1.165) is 18.9 Å². The maximum atomic E-state index is 11.4. The minimum absolute atomic E-state index is 0.00814. The number of carbonyl (C=O) groups is 1. The molecule has 2 aliphatic heterocycles. The van der Waals surface area contributed by atoms with E-state index in [4.69, 9.17) is 4.74 Å². The van der Waals surface area contributed by atoms with Crippen molar-refractivity contribution in [3.63, 3.8) is 0 Å². The van der Waals surface area contributed by atoms with Crippen LogP contribution in [0.2, 0.25) is 0 Å². The van der Waals surface area contributed by atoms with E-state index in [0.29, 0.717) is 38.4 Å². The van der Waals surface area contributed by atoms with Gasteiger partial charge in [-0.25, -0.2) is 4.98 Å². The Hall–Kier alpha value is -1.50. The van der Waals surface area contributed by atoms with Crippen molar-refractivity contribution in [2.45, 2.75) is 25.4 Å². The molecule has 6 nitrogen and oxygen atoms in total. The highest BCUT2D eigenvalue weighted by Crippen LogP contribution is 2.21. The number of nitrogens with zero attached hydrogens (tertiary/aromatic N) is 3. The van der Waals surface area contributed by atoms with Crippen molar-refractivity contribution in [2.75, 3.05) is 50.8 Å². The average molecular weight is 319 g/mol. The predicted octanol–water partition coefficient (Wildman–Crippen LogP) is 0.948. The molecule has 1 atom stereocenters. The summed E-state index contributed by atoms with van der Waals surface area (Å²) in [4.78, 5) is 20.1. The Balaban J connectivity index is 1.71. The lowest BCUT2D eigenvalue weighted by Gasteiger charge is -2.34. The number of carbonyl (C=O) groups excluding carboxylic acids is 1. The Bertz CT molecular complexity index is 543. The highest BCUT2D eigenvalue weighted by molar-refractivity contribution is 5.93. The van der Waals surface area contributed by atoms with Crippen LogP contribution in [0.1, 0.15) is 30.1 Å². The molecule has 126 valence electrons. The smallest absolute Gasteiger partial charge is 0.161 e. The fourth-order valence-corrected chi connectivity index (χ4v) is 3.35. The number of hydrogen-bond donors (Lipinski definition) is 1. The highest BCUT2D eigenvalue weighted by Gasteiger charge is 2.35. The lowest BCUT2D eigenvalue weighted by atomic mass is 10.0. The van der Waals surface area contributed by atoms with E-state index in [1.165, 1.54) is 19.8 Å². The molecule has 3 rings (SSSR count). The lowest BCUT2D eigenvalue weighted by Crippen LogP contribution is -2.52. The number of Topliss-reactive ketones (excluding diaryl/α,β-unsaturated/α-hetero) is 1. The third-order valence-corrected chi connectivity index (χ3v) is 4.56. The number of likely N-dealkylation sites (tertiary alicyclic amines) is 1. The first-order chi connectivity index (χ1) is 11.1. The van der Waals surface area contributed by atoms with E-state index in [1.807, 2.05) is 11.0 Å². The van der Waals surface area contributed by atoms with Crippen LogP contribution in [0.15, 0.2) is 18.3 Å². The number of hydrogen-bond acceptors (Lipinski definition) is 6. The summed E-state index contributed by atoms with van der Waals surface area (Å²) >= 11 is 0. The molecule has 0 aromatic carbocycles. The Morgan fingerprint density at radius 2 is 2.13 bits per heavy atom. The van der Waals surface area contributed by atoms with Gasteiger partial charge in [0.2, 0.25) is 0 Å². The van der Waals surface area contributed by atoms with Crippen LogP contribution in [0.3, 0.4) is 0 Å². The molecule has 23 heavy (non-hydrogen) atoms. The predicted molar refractivity (Wildman–Crippen MR) is 87.9 cm³/mol. The summed E-state index contributed by atoms with van der Waals surface area (Å²) in [7, 11) is 0. The van der Waals surface area contributed by atoms with Crippen molar-refractivity contribution >= 4 is 11.6 Å². The van der Waals surface area contributed by atoms with Gasteiger partial charge >= 0.3 is 0 Å². The first-order valence-corrected chi connectivity index (χ1v) is 8.30. The van der Waals surface area contributed by atoms with Crippen molar-refractivity contribution in [3.05, 3.63) is 23.9 Å². The molecule has 2 aliphatic rings. The maximum absolute atomic E-state index is 11.4. The number of rotatable bonds is 4. The van der Waals surface area contributed by atoms with Gasteiger partial charge in [-0.05, 0) is 45.0 Å². The fraction of sp³-hybridized carbons (Fsp3) is 0.647. The molecule has 0 saturated carbocycles. The standard InChI is InChI=1S/C17H25N3O3/c1-14(21)15-4-5-16(18-10-15)20-8-9-23-13-17(22,12-20)11-19-6-2-3-7-19/h4-5,10,22H,2-3,6-9,11-13H2,1H3/t17-/m0/s1. The number of ether oxygens (including phenoxy) is 1. The normalized spacial score (nSPS) is 26.3. The van der Waals surface area contributed by atoms with Crippen molar-refractivity contribution in [2.24, 2.45) is 0 Å². The molecule has 0 amide bonds. The van der Waals surface area contributed by atoms with Gasteiger partial charge in [0.15, 0.2) is 5.78 Å². The summed E-state index contributed by atoms with van der Waals surface area (Å²) < 4.78 is 5.63. The first-order valence-electron chi connectivity index (χ1n) is 8.30. The summed E-state index contributed by atoms with van der Waals surface area (Å²) in [5, 5.41) is 11.0. The number of ketones is 1. The van der Waals surface area contributed by atoms with Gasteiger partial charge in [-0.2, -0.15) is 0 Å². The molecule has 0 radical (unpaired) electrons. The van der Waals surface area contributed by atoms with Gasteiger partial charge < -0.3 is 19.6 Å². The van der Waals surface area contributed by atoms with Crippen LogP contribution >= 0.6 is 0 Å². The number of pyridine rings is 1. The van der Waals surface area contributed by atoms with Gasteiger partial charge in [0.25, 0.3) is 0 Å². The van der Waals surface area contributed by atoms with Crippen LogP contribution < -0.4 is 4.90 Å². The Morgan fingerprint density at radius 3 is 2.78 bits per heavy atom. The summed E-state index contributed by atoms with van der Waals surface area (Å²) in [6, 6.07) is 3.63. The molecule has 0 aliphatic carbocycles. The summed E-state index contributed by atoms with van der Waals surface area (Å²) in [6.07, 6.45) is 4.01. The van der Waals surface area contributed by atoms with Gasteiger partial charge in [0, 0.05) is 24.8 Å². The van der Waals surface area contributed by atoms with Crippen LogP contribution in [0.5, 0.6) is 0 Å². The molecule has 1 aromatic heterocycles. The number of aromatic nitrogens is 1. The summed E-state index contributed by atoms with van der Waals surface area (Å²) in [5.41, 5.74) is -0.283. The monoisotopic (exact) mass is 319 g/mol. The lowest BCUT2D eigenvalue weighted by molar-refractivity contribution is -0.0439. The third kappa shape index (κ3) is 4.07. The van der Waals surface area contributed by atoms with Crippen LogP contribution in [-0.2, 0) is 4.74 Å². The van der Waals surface area contributed by atoms with E-state index in [1.54, 1.807) is 12.3 Å². The topological polar surface area (TPSA) is 65.9 Å². The molecule has 0 bridgehead atoms. The van der Waals surface area contributed by atoms with Gasteiger partial charge in [0.05, 0.1) is 19.8 Å². The zero-order chi connectivity index (χ0) is 16.3. The first kappa shape index (κ1) is 16.4. The largest absolute Gasteiger partial charge is 0.384 e. The van der Waals surface area contributed by atoms with Crippen LogP contribution in [0.4, 0.5) is 5.82 Å². The molecule has 0 spiro atoms. The molecule has 1 N–H and O–H groups in total. The number of aliphatic hydroxyl groups is 1. The van der Waals surface area contributed by atoms with Crippen LogP contribution in [0.25, 0.3) is 0 Å². The molecular weight excluding hydrogens is 294 g/mol. The van der Waals surface area contributed by atoms with Crippen molar-refractivity contribution in [3.8, 4) is 0 Å². The number of β-amino-alcohol motifs (C(OH)–C–C–N with tert-alkyl or cyclic N) is 1. The summed E-state index contributed by atoms with van der Waals surface area (Å²) in [5.74, 6) is 0.786.